The molecule has 0 fully saturated rings. The number of carbonyl (C=O) groups is 1. The van der Waals surface area contributed by atoms with E-state index in [1.165, 1.54) is 11.1 Å². The molecule has 1 aliphatic rings. The molecule has 0 saturated carbocycles. The first-order valence-corrected chi connectivity index (χ1v) is 9.06. The fourth-order valence-electron chi connectivity index (χ4n) is 2.85. The van der Waals surface area contributed by atoms with Gasteiger partial charge in [-0.1, -0.05) is 18.2 Å². The summed E-state index contributed by atoms with van der Waals surface area (Å²) in [6, 6.07) is 10.2. The Kier molecular flexibility index (Phi) is 7.70. The van der Waals surface area contributed by atoms with Crippen LogP contribution in [-0.2, 0) is 17.8 Å². The molecular formula is C18H23IN4OS. The van der Waals surface area contributed by atoms with Crippen LogP contribution >= 0.6 is 35.3 Å². The zero-order valence-corrected chi connectivity index (χ0v) is 17.3. The molecular weight excluding hydrogens is 447 g/mol. The van der Waals surface area contributed by atoms with Crippen molar-refractivity contribution < 1.29 is 4.79 Å². The molecule has 2 N–H and O–H groups in total. The average molecular weight is 470 g/mol. The minimum atomic E-state index is 0. The fraction of sp³-hybridized carbons (Fsp3) is 0.333. The molecule has 3 rings (SSSR count). The van der Waals surface area contributed by atoms with E-state index >= 15 is 0 Å². The number of carbonyl (C=O) groups excluding carboxylic acids is 1. The first kappa shape index (κ1) is 19.7. The fourth-order valence-corrected chi connectivity index (χ4v) is 3.52. The van der Waals surface area contributed by atoms with Crippen LogP contribution in [0.3, 0.4) is 0 Å². The number of fused-ring (bicyclic) bond motifs is 1. The number of benzene rings is 1. The van der Waals surface area contributed by atoms with Crippen molar-refractivity contribution in [2.45, 2.75) is 19.4 Å². The lowest BCUT2D eigenvalue weighted by atomic mass is 10.0. The Hall–Kier alpha value is -1.61. The van der Waals surface area contributed by atoms with Gasteiger partial charge in [0.05, 0.1) is 6.54 Å². The molecule has 1 aromatic heterocycles. The van der Waals surface area contributed by atoms with Crippen LogP contribution in [0.25, 0.3) is 0 Å². The Labute approximate surface area is 169 Å². The lowest BCUT2D eigenvalue weighted by Crippen LogP contribution is -2.45. The first-order valence-electron chi connectivity index (χ1n) is 8.12. The van der Waals surface area contributed by atoms with Gasteiger partial charge in [0.2, 0.25) is 5.91 Å². The number of anilines is 1. The van der Waals surface area contributed by atoms with E-state index in [4.69, 9.17) is 0 Å². The minimum Gasteiger partial charge on any atom is -0.352 e. The molecule has 5 nitrogen and oxygen atoms in total. The summed E-state index contributed by atoms with van der Waals surface area (Å²) in [5, 5.41) is 10.5. The molecule has 7 heteroatoms. The largest absolute Gasteiger partial charge is 0.352 e. The topological polar surface area (TPSA) is 56.7 Å². The summed E-state index contributed by atoms with van der Waals surface area (Å²) >= 11 is 1.67. The molecule has 2 heterocycles. The molecule has 1 aromatic carbocycles. The van der Waals surface area contributed by atoms with E-state index in [-0.39, 0.29) is 36.4 Å². The summed E-state index contributed by atoms with van der Waals surface area (Å²) in [7, 11) is 1.71. The van der Waals surface area contributed by atoms with Gasteiger partial charge in [-0.15, -0.1) is 24.0 Å². The van der Waals surface area contributed by atoms with Gasteiger partial charge in [-0.3, -0.25) is 9.79 Å². The third-order valence-corrected chi connectivity index (χ3v) is 4.81. The Morgan fingerprint density at radius 3 is 2.88 bits per heavy atom. The van der Waals surface area contributed by atoms with Gasteiger partial charge in [0.25, 0.3) is 0 Å². The number of hydrogen-bond donors (Lipinski definition) is 2. The van der Waals surface area contributed by atoms with E-state index in [2.05, 4.69) is 33.1 Å². The molecule has 25 heavy (non-hydrogen) atoms. The van der Waals surface area contributed by atoms with Crippen molar-refractivity contribution in [2.75, 3.05) is 25.0 Å². The Bertz CT molecular complexity index is 718. The van der Waals surface area contributed by atoms with E-state index < -0.39 is 0 Å². The van der Waals surface area contributed by atoms with Gasteiger partial charge in [0.15, 0.2) is 5.96 Å². The molecule has 2 aromatic rings. The first-order chi connectivity index (χ1) is 11.8. The Balaban J connectivity index is 0.00000225. The number of para-hydroxylation sites is 1. The number of thiophene rings is 1. The van der Waals surface area contributed by atoms with E-state index in [0.717, 1.165) is 25.1 Å². The number of nitrogens with one attached hydrogen (secondary N) is 2. The number of amides is 1. The molecule has 0 bridgehead atoms. The number of rotatable bonds is 4. The van der Waals surface area contributed by atoms with Crippen LogP contribution in [0, 0.1) is 0 Å². The summed E-state index contributed by atoms with van der Waals surface area (Å²) in [6.07, 6.45) is 2.05. The van der Waals surface area contributed by atoms with Crippen LogP contribution in [0.15, 0.2) is 46.1 Å². The summed E-state index contributed by atoms with van der Waals surface area (Å²) in [5.41, 5.74) is 3.49. The summed E-state index contributed by atoms with van der Waals surface area (Å²) in [6.45, 7) is 1.71. The number of halogens is 1. The van der Waals surface area contributed by atoms with Crippen LogP contribution in [0.5, 0.6) is 0 Å². The summed E-state index contributed by atoms with van der Waals surface area (Å²) < 4.78 is 0. The van der Waals surface area contributed by atoms with Crippen LogP contribution in [0.4, 0.5) is 5.69 Å². The van der Waals surface area contributed by atoms with E-state index in [9.17, 15) is 4.79 Å². The highest BCUT2D eigenvalue weighted by molar-refractivity contribution is 14.0. The van der Waals surface area contributed by atoms with Gasteiger partial charge in [0.1, 0.15) is 0 Å². The maximum atomic E-state index is 12.6. The van der Waals surface area contributed by atoms with E-state index in [1.54, 1.807) is 18.4 Å². The third-order valence-electron chi connectivity index (χ3n) is 4.08. The van der Waals surface area contributed by atoms with Crippen LogP contribution in [-0.4, -0.2) is 32.0 Å². The molecule has 1 amide bonds. The van der Waals surface area contributed by atoms with Crippen molar-refractivity contribution in [1.82, 2.24) is 10.6 Å². The predicted octanol–water partition coefficient (Wildman–Crippen LogP) is 3.01. The molecule has 0 unspecified atom stereocenters. The third kappa shape index (κ3) is 5.18. The van der Waals surface area contributed by atoms with Crippen LogP contribution in [0.2, 0.25) is 0 Å². The second-order valence-electron chi connectivity index (χ2n) is 5.69. The van der Waals surface area contributed by atoms with Crippen molar-refractivity contribution in [2.24, 2.45) is 4.99 Å². The van der Waals surface area contributed by atoms with Crippen LogP contribution < -0.4 is 15.5 Å². The summed E-state index contributed by atoms with van der Waals surface area (Å²) in [4.78, 5) is 18.6. The number of hydrogen-bond acceptors (Lipinski definition) is 3. The highest BCUT2D eigenvalue weighted by Gasteiger charge is 2.21. The lowest BCUT2D eigenvalue weighted by molar-refractivity contribution is -0.117. The number of aryl methyl sites for hydroxylation is 1. The van der Waals surface area contributed by atoms with Crippen molar-refractivity contribution in [1.29, 1.82) is 0 Å². The van der Waals surface area contributed by atoms with Crippen molar-refractivity contribution in [3.63, 3.8) is 0 Å². The van der Waals surface area contributed by atoms with Crippen molar-refractivity contribution >= 4 is 52.9 Å². The highest BCUT2D eigenvalue weighted by atomic mass is 127. The van der Waals surface area contributed by atoms with E-state index in [0.29, 0.717) is 12.5 Å². The number of aliphatic imine (C=N–C) groups is 1. The SMILES string of the molecule is CN=C(NCC(=O)N1CCCc2ccccc21)NCc1ccsc1.I. The van der Waals surface area contributed by atoms with Crippen molar-refractivity contribution in [3.05, 3.63) is 52.2 Å². The van der Waals surface area contributed by atoms with Gasteiger partial charge in [0, 0.05) is 25.8 Å². The molecule has 0 atom stereocenters. The molecule has 134 valence electrons. The molecule has 0 saturated heterocycles. The van der Waals surface area contributed by atoms with Crippen molar-refractivity contribution in [3.8, 4) is 0 Å². The maximum Gasteiger partial charge on any atom is 0.246 e. The smallest absolute Gasteiger partial charge is 0.246 e. The quantitative estimate of drug-likeness (QED) is 0.411. The Morgan fingerprint density at radius 2 is 2.12 bits per heavy atom. The Morgan fingerprint density at radius 1 is 1.28 bits per heavy atom. The average Bonchev–Trinajstić information content (AvgIpc) is 3.14. The second kappa shape index (κ2) is 9.76. The van der Waals surface area contributed by atoms with Gasteiger partial charge in [-0.2, -0.15) is 11.3 Å². The lowest BCUT2D eigenvalue weighted by Gasteiger charge is -2.29. The monoisotopic (exact) mass is 470 g/mol. The van der Waals surface area contributed by atoms with Gasteiger partial charge in [-0.05, 0) is 46.9 Å². The zero-order valence-electron chi connectivity index (χ0n) is 14.2. The molecule has 1 aliphatic heterocycles. The predicted molar refractivity (Wildman–Crippen MR) is 115 cm³/mol. The van der Waals surface area contributed by atoms with Crippen LogP contribution in [0.1, 0.15) is 17.5 Å². The van der Waals surface area contributed by atoms with Gasteiger partial charge in [-0.25, -0.2) is 0 Å². The molecule has 0 spiro atoms. The highest BCUT2D eigenvalue weighted by Crippen LogP contribution is 2.26. The number of guanidine groups is 1. The zero-order chi connectivity index (χ0) is 16.8. The summed E-state index contributed by atoms with van der Waals surface area (Å²) in [5.74, 6) is 0.709. The van der Waals surface area contributed by atoms with Gasteiger partial charge >= 0.3 is 0 Å². The van der Waals surface area contributed by atoms with Gasteiger partial charge < -0.3 is 15.5 Å². The second-order valence-corrected chi connectivity index (χ2v) is 6.47. The molecule has 0 radical (unpaired) electrons. The molecule has 0 aliphatic carbocycles. The number of nitrogens with zero attached hydrogens (tertiary/aromatic N) is 2. The standard InChI is InChI=1S/C18H22N4OS.HI/c1-19-18(20-11-14-8-10-24-13-14)21-12-17(23)22-9-4-6-15-5-2-3-7-16(15)22;/h2-3,5,7-8,10,13H,4,6,9,11-12H2,1H3,(H2,19,20,21);1H. The minimum absolute atomic E-state index is 0. The normalized spacial score (nSPS) is 13.6. The maximum absolute atomic E-state index is 12.6. The van der Waals surface area contributed by atoms with E-state index in [1.807, 2.05) is 28.5 Å².